The predicted molar refractivity (Wildman–Crippen MR) is 43.3 cm³/mol. The van der Waals surface area contributed by atoms with E-state index in [9.17, 15) is 4.79 Å². The van der Waals surface area contributed by atoms with Gasteiger partial charge in [0.15, 0.2) is 0 Å². The topological polar surface area (TPSA) is 20.3 Å². The van der Waals surface area contributed by atoms with E-state index < -0.39 is 0 Å². The van der Waals surface area contributed by atoms with Crippen LogP contribution in [-0.4, -0.2) is 30.4 Å². The Hall–Kier alpha value is -0.855. The van der Waals surface area contributed by atoms with Gasteiger partial charge in [-0.25, -0.2) is 0 Å². The van der Waals surface area contributed by atoms with E-state index in [1.165, 1.54) is 0 Å². The summed E-state index contributed by atoms with van der Waals surface area (Å²) in [6, 6.07) is 0. The first-order chi connectivity index (χ1) is 4.75. The van der Waals surface area contributed by atoms with Crippen molar-refractivity contribution in [2.45, 2.75) is 12.8 Å². The van der Waals surface area contributed by atoms with Crippen LogP contribution in [0.15, 0.2) is 12.7 Å². The van der Waals surface area contributed by atoms with Crippen LogP contribution in [-0.2, 0) is 4.79 Å². The summed E-state index contributed by atoms with van der Waals surface area (Å²) < 4.78 is 0. The third-order valence-corrected chi connectivity index (χ3v) is 1.62. The number of amides is 1. The summed E-state index contributed by atoms with van der Waals surface area (Å²) in [4.78, 5) is 12.7. The van der Waals surface area contributed by atoms with Gasteiger partial charge in [-0.15, -0.1) is 0 Å². The van der Waals surface area contributed by atoms with Crippen molar-refractivity contribution in [2.24, 2.45) is 0 Å². The van der Waals surface area contributed by atoms with Crippen LogP contribution < -0.4 is 0 Å². The fourth-order valence-corrected chi connectivity index (χ4v) is 1.06. The molecule has 10 heavy (non-hydrogen) atoms. The molecule has 1 heterocycles. The molecule has 0 radical (unpaired) electrons. The Morgan fingerprint density at radius 2 is 2.40 bits per heavy atom. The average molecular weight is 135 g/mol. The summed E-state index contributed by atoms with van der Waals surface area (Å²) in [6.07, 6.45) is 3.15. The maximum absolute atomic E-state index is 11.0. The Balaban J connectivity index is 2.62. The summed E-state index contributed by atoms with van der Waals surface area (Å²) >= 11 is 0. The van der Waals surface area contributed by atoms with Gasteiger partial charge in [-0.2, -0.15) is 0 Å². The molecule has 1 aliphatic rings. The molecule has 0 N–H and O–H groups in total. The Kier molecular flexibility index (Phi) is 2.04. The van der Waals surface area contributed by atoms with Crippen molar-refractivity contribution in [2.75, 3.05) is 6.54 Å². The molecule has 0 aliphatic carbocycles. The SMILES string of the molecule is B=C1CCC(=O)N1CC=C. The van der Waals surface area contributed by atoms with Gasteiger partial charge in [-0.1, -0.05) is 0 Å². The second-order valence-electron chi connectivity index (χ2n) is 2.36. The molecule has 0 aromatic heterocycles. The van der Waals surface area contributed by atoms with Crippen LogP contribution in [0, 0.1) is 0 Å². The predicted octanol–water partition coefficient (Wildman–Crippen LogP) is -0.175. The van der Waals surface area contributed by atoms with E-state index in [0.29, 0.717) is 13.0 Å². The summed E-state index contributed by atoms with van der Waals surface area (Å²) in [5.74, 6) is 0.171. The summed E-state index contributed by atoms with van der Waals surface area (Å²) in [5, 5.41) is 0. The molecule has 0 unspecified atom stereocenters. The first-order valence-electron chi connectivity index (χ1n) is 3.34. The Morgan fingerprint density at radius 1 is 1.70 bits per heavy atom. The van der Waals surface area contributed by atoms with Crippen molar-refractivity contribution in [3.8, 4) is 0 Å². The van der Waals surface area contributed by atoms with Gasteiger partial charge in [-0.05, 0) is 0 Å². The monoisotopic (exact) mass is 135 g/mol. The molecule has 1 saturated heterocycles. The van der Waals surface area contributed by atoms with Gasteiger partial charge in [0, 0.05) is 0 Å². The zero-order valence-corrected chi connectivity index (χ0v) is 5.97. The second-order valence-corrected chi connectivity index (χ2v) is 2.36. The van der Waals surface area contributed by atoms with Crippen molar-refractivity contribution < 1.29 is 4.79 Å². The number of hydrogen-bond donors (Lipinski definition) is 0. The van der Waals surface area contributed by atoms with Crippen LogP contribution >= 0.6 is 0 Å². The van der Waals surface area contributed by atoms with Crippen molar-refractivity contribution in [3.05, 3.63) is 12.7 Å². The molecule has 0 aromatic carbocycles. The molecule has 1 amide bonds. The number of nitrogens with zero attached hydrogens (tertiary/aromatic N) is 1. The molecule has 1 fully saturated rings. The molecule has 0 bridgehead atoms. The fourth-order valence-electron chi connectivity index (χ4n) is 1.06. The first-order valence-corrected chi connectivity index (χ1v) is 3.34. The molecule has 52 valence electrons. The van der Waals surface area contributed by atoms with Crippen molar-refractivity contribution in [1.29, 1.82) is 0 Å². The Bertz CT molecular complexity index is 172. The van der Waals surface area contributed by atoms with Gasteiger partial charge < -0.3 is 0 Å². The van der Waals surface area contributed by atoms with Crippen LogP contribution in [0.4, 0.5) is 0 Å². The standard InChI is InChI=1S/C7H10BNO/c1-2-5-9-6(8)3-4-7(9)10/h2,8H,1,3-5H2. The van der Waals surface area contributed by atoms with Crippen LogP contribution in [0.1, 0.15) is 12.8 Å². The minimum absolute atomic E-state index is 0.171. The van der Waals surface area contributed by atoms with Crippen LogP contribution in [0.25, 0.3) is 0 Å². The van der Waals surface area contributed by atoms with Crippen LogP contribution in [0.5, 0.6) is 0 Å². The Morgan fingerprint density at radius 3 is 2.80 bits per heavy atom. The molecular formula is C7H10BNO. The zero-order valence-electron chi connectivity index (χ0n) is 5.97. The van der Waals surface area contributed by atoms with Crippen molar-refractivity contribution in [1.82, 2.24) is 4.90 Å². The van der Waals surface area contributed by atoms with Crippen LogP contribution in [0.2, 0.25) is 0 Å². The third-order valence-electron chi connectivity index (χ3n) is 1.62. The number of likely N-dealkylation sites (tertiary alicyclic amines) is 1. The molecule has 0 saturated carbocycles. The minimum atomic E-state index is 0.171. The molecule has 0 aromatic rings. The van der Waals surface area contributed by atoms with E-state index in [1.54, 1.807) is 11.0 Å². The number of hydrogen-bond acceptors (Lipinski definition) is 1. The molecule has 1 aliphatic heterocycles. The van der Waals surface area contributed by atoms with Gasteiger partial charge >= 0.3 is 60.7 Å². The quantitative estimate of drug-likeness (QED) is 0.380. The summed E-state index contributed by atoms with van der Waals surface area (Å²) in [6.45, 7) is 4.17. The van der Waals surface area contributed by atoms with E-state index >= 15 is 0 Å². The van der Waals surface area contributed by atoms with Gasteiger partial charge in [-0.3, -0.25) is 0 Å². The van der Waals surface area contributed by atoms with E-state index in [-0.39, 0.29) is 5.91 Å². The molecule has 0 spiro atoms. The van der Waals surface area contributed by atoms with Crippen molar-refractivity contribution in [3.63, 3.8) is 0 Å². The van der Waals surface area contributed by atoms with E-state index in [4.69, 9.17) is 0 Å². The van der Waals surface area contributed by atoms with Crippen molar-refractivity contribution >= 4 is 19.0 Å². The second kappa shape index (κ2) is 2.82. The van der Waals surface area contributed by atoms with E-state index in [0.717, 1.165) is 12.0 Å². The van der Waals surface area contributed by atoms with Gasteiger partial charge in [0.25, 0.3) is 0 Å². The summed E-state index contributed by atoms with van der Waals surface area (Å²) in [7, 11) is 3.76. The van der Waals surface area contributed by atoms with Crippen LogP contribution in [0.3, 0.4) is 0 Å². The normalized spacial score (nSPS) is 18.1. The third kappa shape index (κ3) is 1.18. The molecule has 1 rings (SSSR count). The number of rotatable bonds is 2. The fraction of sp³-hybridized carbons (Fsp3) is 0.429. The first kappa shape index (κ1) is 7.25. The van der Waals surface area contributed by atoms with Gasteiger partial charge in [0.1, 0.15) is 0 Å². The van der Waals surface area contributed by atoms with Gasteiger partial charge in [0.05, 0.1) is 0 Å². The van der Waals surface area contributed by atoms with E-state index in [2.05, 4.69) is 14.1 Å². The molecule has 3 heteroatoms. The molecular weight excluding hydrogens is 125 g/mol. The zero-order chi connectivity index (χ0) is 7.56. The molecule has 2 nitrogen and oxygen atoms in total. The number of carbonyl (C=O) groups excluding carboxylic acids is 1. The number of carbonyl (C=O) groups is 1. The maximum atomic E-state index is 11.0. The summed E-state index contributed by atoms with van der Waals surface area (Å²) in [5.41, 5.74) is 0.921. The molecule has 0 atom stereocenters. The van der Waals surface area contributed by atoms with Gasteiger partial charge in [0.2, 0.25) is 0 Å². The van der Waals surface area contributed by atoms with E-state index in [1.807, 2.05) is 0 Å². The average Bonchev–Trinajstić information content (AvgIpc) is 2.20. The Labute approximate surface area is 61.6 Å².